The van der Waals surface area contributed by atoms with Crippen molar-refractivity contribution in [2.45, 2.75) is 37.4 Å². The van der Waals surface area contributed by atoms with Gasteiger partial charge in [0.15, 0.2) is 11.5 Å². The molecular weight excluding hydrogens is 352 g/mol. The fourth-order valence-electron chi connectivity index (χ4n) is 3.88. The van der Waals surface area contributed by atoms with Crippen LogP contribution in [0.5, 0.6) is 11.5 Å². The Balaban J connectivity index is 1.56. The first-order valence-corrected chi connectivity index (χ1v) is 9.93. The van der Waals surface area contributed by atoms with Crippen LogP contribution in [0.1, 0.15) is 42.5 Å². The molecule has 1 aromatic carbocycles. The molecule has 0 aromatic heterocycles. The van der Waals surface area contributed by atoms with Crippen molar-refractivity contribution in [1.82, 2.24) is 5.32 Å². The molecule has 7 heteroatoms. The molecule has 2 amide bonds. The van der Waals surface area contributed by atoms with E-state index < -0.39 is 5.91 Å². The van der Waals surface area contributed by atoms with Gasteiger partial charge in [0.05, 0.1) is 10.6 Å². The number of fused-ring (bicyclic) bond motifs is 2. The second-order valence-corrected chi connectivity index (χ2v) is 8.07. The second-order valence-electron chi connectivity index (χ2n) is 6.82. The van der Waals surface area contributed by atoms with Crippen LogP contribution in [0.4, 0.5) is 0 Å². The number of thioether (sulfide) groups is 1. The van der Waals surface area contributed by atoms with Crippen LogP contribution in [0.3, 0.4) is 0 Å². The highest BCUT2D eigenvalue weighted by Gasteiger charge is 2.39. The summed E-state index contributed by atoms with van der Waals surface area (Å²) in [6.45, 7) is 0.973. The van der Waals surface area contributed by atoms with Gasteiger partial charge in [-0.1, -0.05) is 19.3 Å². The first-order chi connectivity index (χ1) is 12.6. The molecule has 3 N–H and O–H groups in total. The summed E-state index contributed by atoms with van der Waals surface area (Å²) in [7, 11) is 0. The Labute approximate surface area is 156 Å². The van der Waals surface area contributed by atoms with Gasteiger partial charge in [0.2, 0.25) is 5.91 Å². The van der Waals surface area contributed by atoms with E-state index in [1.807, 2.05) is 0 Å². The number of ether oxygens (including phenoxy) is 2. The molecule has 1 aliphatic carbocycles. The summed E-state index contributed by atoms with van der Waals surface area (Å²) in [5.74, 6) is 0.666. The van der Waals surface area contributed by atoms with Crippen LogP contribution < -0.4 is 20.5 Å². The van der Waals surface area contributed by atoms with Crippen molar-refractivity contribution in [3.05, 3.63) is 34.4 Å². The Morgan fingerprint density at radius 3 is 2.65 bits per heavy atom. The van der Waals surface area contributed by atoms with Crippen LogP contribution in [0.25, 0.3) is 0 Å². The zero-order valence-corrected chi connectivity index (χ0v) is 15.3. The van der Waals surface area contributed by atoms with Crippen LogP contribution in [-0.4, -0.2) is 30.3 Å². The lowest BCUT2D eigenvalue weighted by Gasteiger charge is -2.18. The maximum Gasteiger partial charge on any atom is 0.256 e. The normalized spacial score (nSPS) is 24.6. The number of primary amides is 1. The molecule has 2 atom stereocenters. The summed E-state index contributed by atoms with van der Waals surface area (Å²) in [4.78, 5) is 24.8. The van der Waals surface area contributed by atoms with Gasteiger partial charge in [0, 0.05) is 16.7 Å². The lowest BCUT2D eigenvalue weighted by Crippen LogP contribution is -2.27. The van der Waals surface area contributed by atoms with E-state index in [9.17, 15) is 9.59 Å². The number of rotatable bonds is 3. The number of benzene rings is 1. The SMILES string of the molecule is NC(=O)C1=C(NC(=O)c2ccc3c(c2)OCCO3)S[C@H]2CCCCC[C@H]12. The minimum atomic E-state index is -0.427. The van der Waals surface area contributed by atoms with Gasteiger partial charge in [-0.15, -0.1) is 11.8 Å². The van der Waals surface area contributed by atoms with Gasteiger partial charge < -0.3 is 20.5 Å². The molecule has 6 nitrogen and oxygen atoms in total. The number of nitrogens with one attached hydrogen (secondary N) is 1. The number of hydrogen-bond donors (Lipinski definition) is 2. The molecule has 3 aliphatic rings. The van der Waals surface area contributed by atoms with Gasteiger partial charge in [-0.3, -0.25) is 9.59 Å². The van der Waals surface area contributed by atoms with Gasteiger partial charge in [0.25, 0.3) is 5.91 Å². The van der Waals surface area contributed by atoms with Crippen molar-refractivity contribution in [2.24, 2.45) is 11.7 Å². The van der Waals surface area contributed by atoms with E-state index in [0.29, 0.717) is 46.1 Å². The summed E-state index contributed by atoms with van der Waals surface area (Å²) >= 11 is 1.59. The van der Waals surface area contributed by atoms with Crippen LogP contribution in [0.2, 0.25) is 0 Å². The van der Waals surface area contributed by atoms with Crippen molar-refractivity contribution in [2.75, 3.05) is 13.2 Å². The summed E-state index contributed by atoms with van der Waals surface area (Å²) in [5.41, 5.74) is 6.71. The zero-order valence-electron chi connectivity index (χ0n) is 14.5. The molecule has 2 heterocycles. The molecule has 1 aromatic rings. The Morgan fingerprint density at radius 2 is 1.85 bits per heavy atom. The Hall–Kier alpha value is -2.15. The van der Waals surface area contributed by atoms with E-state index in [2.05, 4.69) is 5.32 Å². The molecule has 0 spiro atoms. The van der Waals surface area contributed by atoms with Gasteiger partial charge in [0.1, 0.15) is 13.2 Å². The largest absolute Gasteiger partial charge is 0.486 e. The molecule has 0 bridgehead atoms. The molecular formula is C19H22N2O4S. The van der Waals surface area contributed by atoms with Gasteiger partial charge in [-0.05, 0) is 31.0 Å². The molecule has 138 valence electrons. The molecule has 1 saturated carbocycles. The van der Waals surface area contributed by atoms with E-state index in [-0.39, 0.29) is 11.8 Å². The summed E-state index contributed by atoms with van der Waals surface area (Å²) in [5, 5.41) is 3.87. The van der Waals surface area contributed by atoms with Gasteiger partial charge in [-0.2, -0.15) is 0 Å². The zero-order chi connectivity index (χ0) is 18.1. The summed E-state index contributed by atoms with van der Waals surface area (Å²) < 4.78 is 11.0. The third-order valence-electron chi connectivity index (χ3n) is 5.13. The summed E-state index contributed by atoms with van der Waals surface area (Å²) in [6, 6.07) is 5.11. The van der Waals surface area contributed by atoms with Crippen LogP contribution >= 0.6 is 11.8 Å². The van der Waals surface area contributed by atoms with Crippen molar-refractivity contribution < 1.29 is 19.1 Å². The molecule has 26 heavy (non-hydrogen) atoms. The maximum atomic E-state index is 12.7. The molecule has 0 unspecified atom stereocenters. The third kappa shape index (κ3) is 3.28. The molecule has 0 radical (unpaired) electrons. The number of nitrogens with two attached hydrogens (primary N) is 1. The Kier molecular flexibility index (Phi) is 4.80. The molecule has 1 fully saturated rings. The fraction of sp³-hybridized carbons (Fsp3) is 0.474. The van der Waals surface area contributed by atoms with E-state index in [0.717, 1.165) is 25.7 Å². The van der Waals surface area contributed by atoms with E-state index in [1.54, 1.807) is 30.0 Å². The lowest BCUT2D eigenvalue weighted by molar-refractivity contribution is -0.115. The average Bonchev–Trinajstić information content (AvgIpc) is 2.82. The van der Waals surface area contributed by atoms with Crippen molar-refractivity contribution >= 4 is 23.6 Å². The highest BCUT2D eigenvalue weighted by molar-refractivity contribution is 8.04. The third-order valence-corrected chi connectivity index (χ3v) is 6.56. The Bertz CT molecular complexity index is 777. The lowest BCUT2D eigenvalue weighted by atomic mass is 9.91. The first kappa shape index (κ1) is 17.3. The van der Waals surface area contributed by atoms with Crippen LogP contribution in [-0.2, 0) is 4.79 Å². The first-order valence-electron chi connectivity index (χ1n) is 9.05. The fourth-order valence-corrected chi connectivity index (χ4v) is 5.43. The minimum Gasteiger partial charge on any atom is -0.486 e. The minimum absolute atomic E-state index is 0.149. The number of amides is 2. The highest BCUT2D eigenvalue weighted by atomic mass is 32.2. The van der Waals surface area contributed by atoms with Gasteiger partial charge >= 0.3 is 0 Å². The van der Waals surface area contributed by atoms with E-state index in [1.165, 1.54) is 6.42 Å². The van der Waals surface area contributed by atoms with E-state index in [4.69, 9.17) is 15.2 Å². The van der Waals surface area contributed by atoms with Crippen molar-refractivity contribution in [3.8, 4) is 11.5 Å². The second kappa shape index (κ2) is 7.23. The van der Waals surface area contributed by atoms with Crippen LogP contribution in [0, 0.1) is 5.92 Å². The smallest absolute Gasteiger partial charge is 0.256 e. The van der Waals surface area contributed by atoms with Crippen molar-refractivity contribution in [1.29, 1.82) is 0 Å². The highest BCUT2D eigenvalue weighted by Crippen LogP contribution is 2.47. The van der Waals surface area contributed by atoms with Crippen LogP contribution in [0.15, 0.2) is 28.8 Å². The molecule has 2 aliphatic heterocycles. The predicted octanol–water partition coefficient (Wildman–Crippen LogP) is 2.58. The van der Waals surface area contributed by atoms with Crippen molar-refractivity contribution in [3.63, 3.8) is 0 Å². The average molecular weight is 374 g/mol. The monoisotopic (exact) mass is 374 g/mol. The predicted molar refractivity (Wildman–Crippen MR) is 99.1 cm³/mol. The van der Waals surface area contributed by atoms with Gasteiger partial charge in [-0.25, -0.2) is 0 Å². The molecule has 4 rings (SSSR count). The number of carbonyl (C=O) groups excluding carboxylic acids is 2. The Morgan fingerprint density at radius 1 is 1.08 bits per heavy atom. The summed E-state index contributed by atoms with van der Waals surface area (Å²) in [6.07, 6.45) is 5.46. The molecule has 0 saturated heterocycles. The quantitative estimate of drug-likeness (QED) is 0.849. The van der Waals surface area contributed by atoms with E-state index >= 15 is 0 Å². The topological polar surface area (TPSA) is 90.7 Å². The standard InChI is InChI=1S/C19H22N2O4S/c20-17(22)16-12-4-2-1-3-5-15(12)26-19(16)21-18(23)11-6-7-13-14(10-11)25-9-8-24-13/h6-7,10,12,15H,1-5,8-9H2,(H2,20,22)(H,21,23)/t12-,15-/m0/s1. The number of hydrogen-bond acceptors (Lipinski definition) is 5. The maximum absolute atomic E-state index is 12.7. The number of carbonyl (C=O) groups is 2.